The van der Waals surface area contributed by atoms with Crippen molar-refractivity contribution >= 4 is 22.9 Å². The minimum absolute atomic E-state index is 0.155. The molecule has 1 aliphatic rings. The Morgan fingerprint density at radius 2 is 2.28 bits per heavy atom. The van der Waals surface area contributed by atoms with Crippen LogP contribution in [-0.4, -0.2) is 71.7 Å². The summed E-state index contributed by atoms with van der Waals surface area (Å²) in [5.41, 5.74) is 6.31. The number of nitrogens with two attached hydrogens (primary N) is 1. The summed E-state index contributed by atoms with van der Waals surface area (Å²) >= 11 is 0. The lowest BCUT2D eigenvalue weighted by atomic mass is 10.2. The topological polar surface area (TPSA) is 169 Å². The molecular weight excluding hydrogens is 332 g/mol. The second-order valence-corrected chi connectivity index (χ2v) is 5.92. The van der Waals surface area contributed by atoms with E-state index in [2.05, 4.69) is 20.3 Å². The largest absolute Gasteiger partial charge is 0.394 e. The predicted octanol–water partition coefficient (Wildman–Crippen LogP) is -1.89. The van der Waals surface area contributed by atoms with Gasteiger partial charge in [0.1, 0.15) is 24.7 Å². The lowest BCUT2D eigenvalue weighted by Gasteiger charge is -2.15. The fourth-order valence-electron chi connectivity index (χ4n) is 2.62. The first-order valence-corrected chi connectivity index (χ1v) is 7.78. The number of fused-ring (bicyclic) bond motifs is 1. The number of aromatic nitrogens is 4. The molecule has 6 N–H and O–H groups in total. The van der Waals surface area contributed by atoms with Crippen molar-refractivity contribution in [3.63, 3.8) is 0 Å². The van der Waals surface area contributed by atoms with Crippen molar-refractivity contribution in [1.82, 2.24) is 19.5 Å². The number of aliphatic hydroxyl groups excluding tert-OH is 3. The molecule has 0 spiro atoms. The van der Waals surface area contributed by atoms with Crippen LogP contribution in [0.5, 0.6) is 0 Å². The summed E-state index contributed by atoms with van der Waals surface area (Å²) in [5, 5.41) is 31.0. The first-order chi connectivity index (χ1) is 11.9. The Hall–Kier alpha value is -2.18. The average molecular weight is 352 g/mol. The molecule has 0 aromatic carbocycles. The van der Waals surface area contributed by atoms with E-state index in [4.69, 9.17) is 10.5 Å². The van der Waals surface area contributed by atoms with E-state index in [-0.39, 0.29) is 18.8 Å². The molecule has 2 unspecified atom stereocenters. The number of nitrogens with zero attached hydrogens (tertiary/aromatic N) is 4. The van der Waals surface area contributed by atoms with E-state index in [1.54, 1.807) is 4.57 Å². The highest BCUT2D eigenvalue weighted by Gasteiger charge is 2.35. The number of nitrogens with one attached hydrogen (secondary N) is 1. The molecule has 0 radical (unpaired) electrons. The number of ether oxygens (including phenoxy) is 1. The van der Waals surface area contributed by atoms with Crippen LogP contribution in [0, 0.1) is 0 Å². The highest BCUT2D eigenvalue weighted by molar-refractivity contribution is 5.99. The van der Waals surface area contributed by atoms with E-state index >= 15 is 0 Å². The van der Waals surface area contributed by atoms with Crippen molar-refractivity contribution in [3.05, 3.63) is 12.7 Å². The van der Waals surface area contributed by atoms with Gasteiger partial charge in [-0.05, 0) is 6.92 Å². The highest BCUT2D eigenvalue weighted by atomic mass is 16.5. The summed E-state index contributed by atoms with van der Waals surface area (Å²) in [4.78, 5) is 24.3. The molecule has 11 heteroatoms. The number of aliphatic hydroxyl groups is 3. The van der Waals surface area contributed by atoms with Gasteiger partial charge in [0.2, 0.25) is 5.91 Å². The Balaban J connectivity index is 1.87. The lowest BCUT2D eigenvalue weighted by molar-refractivity contribution is -0.119. The van der Waals surface area contributed by atoms with Crippen molar-refractivity contribution < 1.29 is 24.9 Å². The molecule has 11 nitrogen and oxygen atoms in total. The molecule has 3 rings (SSSR count). The molecule has 0 aliphatic carbocycles. The summed E-state index contributed by atoms with van der Waals surface area (Å²) in [5.74, 6) is -0.445. The van der Waals surface area contributed by atoms with E-state index in [0.29, 0.717) is 11.2 Å². The summed E-state index contributed by atoms with van der Waals surface area (Å²) in [7, 11) is 0. The van der Waals surface area contributed by atoms with Crippen LogP contribution in [0.4, 0.5) is 5.82 Å². The molecular formula is C14H20N6O5. The molecule has 0 bridgehead atoms. The third-order valence-corrected chi connectivity index (χ3v) is 4.12. The van der Waals surface area contributed by atoms with Gasteiger partial charge < -0.3 is 31.1 Å². The monoisotopic (exact) mass is 352 g/mol. The molecule has 0 saturated carbocycles. The van der Waals surface area contributed by atoms with Gasteiger partial charge in [0.05, 0.1) is 25.1 Å². The second-order valence-electron chi connectivity index (χ2n) is 5.92. The Morgan fingerprint density at radius 3 is 2.92 bits per heavy atom. The van der Waals surface area contributed by atoms with Gasteiger partial charge in [-0.2, -0.15) is 0 Å². The third-order valence-electron chi connectivity index (χ3n) is 4.12. The Kier molecular flexibility index (Phi) is 4.92. The standard InChI is InChI=1S/C14H20N6O5/c1-6(22)10(15)14(24)19-12-11-13(17-4-16-12)20(5-18-11)9-2-7(23)8(3-21)25-9/h4-10,21-23H,2-3,15H2,1H3,(H,16,17,19,24)/t6?,7-,8+,9+,10?/m0/s1. The van der Waals surface area contributed by atoms with Gasteiger partial charge in [-0.15, -0.1) is 0 Å². The van der Waals surface area contributed by atoms with Gasteiger partial charge in [-0.1, -0.05) is 0 Å². The minimum Gasteiger partial charge on any atom is -0.394 e. The number of anilines is 1. The van der Waals surface area contributed by atoms with E-state index in [1.807, 2.05) is 0 Å². The number of carbonyl (C=O) groups excluding carboxylic acids is 1. The molecule has 25 heavy (non-hydrogen) atoms. The van der Waals surface area contributed by atoms with Crippen molar-refractivity contribution in [2.24, 2.45) is 5.73 Å². The molecule has 136 valence electrons. The summed E-state index contributed by atoms with van der Waals surface area (Å²) in [6, 6.07) is -1.11. The maximum Gasteiger partial charge on any atom is 0.245 e. The fraction of sp³-hybridized carbons (Fsp3) is 0.571. The summed E-state index contributed by atoms with van der Waals surface area (Å²) in [6.07, 6.45) is -0.0476. The number of amides is 1. The molecule has 3 heterocycles. The third kappa shape index (κ3) is 3.32. The molecule has 1 amide bonds. The van der Waals surface area contributed by atoms with E-state index in [1.165, 1.54) is 19.6 Å². The van der Waals surface area contributed by atoms with Crippen LogP contribution in [-0.2, 0) is 9.53 Å². The SMILES string of the molecule is CC(O)C(N)C(=O)Nc1ncnc2c1ncn2[C@H]1C[C@H](O)[C@@H](CO)O1. The number of hydrogen-bond donors (Lipinski definition) is 5. The van der Waals surface area contributed by atoms with Crippen molar-refractivity contribution in [2.45, 2.75) is 43.9 Å². The second kappa shape index (κ2) is 6.98. The van der Waals surface area contributed by atoms with E-state index < -0.39 is 36.5 Å². The van der Waals surface area contributed by atoms with Crippen molar-refractivity contribution in [3.8, 4) is 0 Å². The Morgan fingerprint density at radius 1 is 1.52 bits per heavy atom. The van der Waals surface area contributed by atoms with E-state index in [9.17, 15) is 20.1 Å². The van der Waals surface area contributed by atoms with Crippen LogP contribution in [0.15, 0.2) is 12.7 Å². The van der Waals surface area contributed by atoms with Gasteiger partial charge in [0.15, 0.2) is 17.0 Å². The first-order valence-electron chi connectivity index (χ1n) is 7.78. The number of carbonyl (C=O) groups is 1. The van der Waals surface area contributed by atoms with E-state index in [0.717, 1.165) is 0 Å². The molecule has 5 atom stereocenters. The van der Waals surface area contributed by atoms with Crippen LogP contribution in [0.25, 0.3) is 11.2 Å². The zero-order valence-electron chi connectivity index (χ0n) is 13.5. The molecule has 2 aromatic rings. The molecule has 2 aromatic heterocycles. The minimum atomic E-state index is -1.11. The normalized spacial score (nSPS) is 25.9. The van der Waals surface area contributed by atoms with Crippen molar-refractivity contribution in [1.29, 1.82) is 0 Å². The first kappa shape index (κ1) is 17.6. The summed E-state index contributed by atoms with van der Waals surface area (Å²) < 4.78 is 7.19. The predicted molar refractivity (Wildman–Crippen MR) is 85.2 cm³/mol. The number of imidazole rings is 1. The van der Waals surface area contributed by atoms with Crippen molar-refractivity contribution in [2.75, 3.05) is 11.9 Å². The lowest BCUT2D eigenvalue weighted by Crippen LogP contribution is -2.43. The van der Waals surface area contributed by atoms with Gasteiger partial charge in [-0.25, -0.2) is 15.0 Å². The van der Waals surface area contributed by atoms with Gasteiger partial charge in [-0.3, -0.25) is 9.36 Å². The molecule has 1 fully saturated rings. The van der Waals surface area contributed by atoms with Gasteiger partial charge in [0, 0.05) is 6.42 Å². The average Bonchev–Trinajstić information content (AvgIpc) is 3.17. The van der Waals surface area contributed by atoms with Crippen LogP contribution >= 0.6 is 0 Å². The Labute approximate surface area is 142 Å². The number of rotatable bonds is 5. The van der Waals surface area contributed by atoms with Crippen LogP contribution in [0.3, 0.4) is 0 Å². The number of hydrogen-bond acceptors (Lipinski definition) is 9. The van der Waals surface area contributed by atoms with Crippen LogP contribution in [0.1, 0.15) is 19.6 Å². The quantitative estimate of drug-likeness (QED) is 0.413. The fourth-order valence-corrected chi connectivity index (χ4v) is 2.62. The highest BCUT2D eigenvalue weighted by Crippen LogP contribution is 2.31. The van der Waals surface area contributed by atoms with Crippen LogP contribution < -0.4 is 11.1 Å². The van der Waals surface area contributed by atoms with Crippen LogP contribution in [0.2, 0.25) is 0 Å². The Bertz CT molecular complexity index is 765. The maximum atomic E-state index is 12.0. The smallest absolute Gasteiger partial charge is 0.245 e. The molecule has 1 saturated heterocycles. The van der Waals surface area contributed by atoms with Gasteiger partial charge in [0.25, 0.3) is 0 Å². The molecule has 1 aliphatic heterocycles. The zero-order chi connectivity index (χ0) is 18.1. The van der Waals surface area contributed by atoms with Gasteiger partial charge >= 0.3 is 0 Å². The summed E-state index contributed by atoms with van der Waals surface area (Å²) in [6.45, 7) is 1.12. The maximum absolute atomic E-state index is 12.0. The zero-order valence-corrected chi connectivity index (χ0v) is 13.5.